The lowest BCUT2D eigenvalue weighted by atomic mass is 10.2. The van der Waals surface area contributed by atoms with Crippen LogP contribution in [0.2, 0.25) is 0 Å². The summed E-state index contributed by atoms with van der Waals surface area (Å²) < 4.78 is 5.92. The first kappa shape index (κ1) is 19.1. The second kappa shape index (κ2) is 9.32. The smallest absolute Gasteiger partial charge is 0.223 e. The van der Waals surface area contributed by atoms with Crippen molar-refractivity contribution >= 4 is 5.91 Å². The standard InChI is InChI=1S/C21H29N5O2/c27-21(26-10-7-22-8-11-26)6-9-24-12-14-25(15-13-24)17-20-23-16-19(28-20)18-4-2-1-3-5-18/h1-5,16,22H,6-15,17H2. The highest BCUT2D eigenvalue weighted by Crippen LogP contribution is 2.20. The number of benzene rings is 1. The molecule has 0 radical (unpaired) electrons. The predicted octanol–water partition coefficient (Wildman–Crippen LogP) is 1.28. The van der Waals surface area contributed by atoms with Gasteiger partial charge in [-0.2, -0.15) is 0 Å². The Labute approximate surface area is 166 Å². The van der Waals surface area contributed by atoms with Gasteiger partial charge in [0.1, 0.15) is 0 Å². The Morgan fingerprint density at radius 2 is 1.71 bits per heavy atom. The number of rotatable bonds is 6. The van der Waals surface area contributed by atoms with Gasteiger partial charge in [0, 0.05) is 70.9 Å². The monoisotopic (exact) mass is 383 g/mol. The maximum Gasteiger partial charge on any atom is 0.223 e. The van der Waals surface area contributed by atoms with Gasteiger partial charge in [-0.15, -0.1) is 0 Å². The minimum absolute atomic E-state index is 0.289. The average Bonchev–Trinajstić information content (AvgIpc) is 3.23. The van der Waals surface area contributed by atoms with Gasteiger partial charge in [-0.05, 0) is 0 Å². The van der Waals surface area contributed by atoms with Gasteiger partial charge >= 0.3 is 0 Å². The summed E-state index contributed by atoms with van der Waals surface area (Å²) in [5.41, 5.74) is 1.06. The molecule has 1 N–H and O–H groups in total. The highest BCUT2D eigenvalue weighted by atomic mass is 16.4. The maximum atomic E-state index is 12.3. The topological polar surface area (TPSA) is 64.9 Å². The normalized spacial score (nSPS) is 19.1. The molecule has 1 amide bonds. The van der Waals surface area contributed by atoms with Crippen LogP contribution in [0.5, 0.6) is 0 Å². The van der Waals surface area contributed by atoms with E-state index in [1.54, 1.807) is 0 Å². The van der Waals surface area contributed by atoms with Gasteiger partial charge in [0.15, 0.2) is 5.76 Å². The van der Waals surface area contributed by atoms with E-state index < -0.39 is 0 Å². The fraction of sp³-hybridized carbons (Fsp3) is 0.524. The molecule has 28 heavy (non-hydrogen) atoms. The number of carbonyl (C=O) groups excluding carboxylic acids is 1. The molecule has 7 nitrogen and oxygen atoms in total. The van der Waals surface area contributed by atoms with E-state index in [1.165, 1.54) is 0 Å². The molecule has 0 aliphatic carbocycles. The van der Waals surface area contributed by atoms with E-state index in [9.17, 15) is 4.79 Å². The lowest BCUT2D eigenvalue weighted by Gasteiger charge is -2.34. The van der Waals surface area contributed by atoms with E-state index in [-0.39, 0.29) is 5.91 Å². The van der Waals surface area contributed by atoms with Crippen LogP contribution in [0.15, 0.2) is 40.9 Å². The lowest BCUT2D eigenvalue weighted by Crippen LogP contribution is -2.49. The summed E-state index contributed by atoms with van der Waals surface area (Å²) in [6, 6.07) is 10.1. The van der Waals surface area contributed by atoms with Crippen LogP contribution in [0.4, 0.5) is 0 Å². The fourth-order valence-corrected chi connectivity index (χ4v) is 3.81. The van der Waals surface area contributed by atoms with Crippen LogP contribution in [-0.4, -0.2) is 84.5 Å². The van der Waals surface area contributed by atoms with Crippen LogP contribution in [0.1, 0.15) is 12.3 Å². The van der Waals surface area contributed by atoms with Crippen molar-refractivity contribution in [2.24, 2.45) is 0 Å². The summed E-state index contributed by atoms with van der Waals surface area (Å²) >= 11 is 0. The van der Waals surface area contributed by atoms with Crippen LogP contribution in [0.3, 0.4) is 0 Å². The highest BCUT2D eigenvalue weighted by Gasteiger charge is 2.21. The zero-order chi connectivity index (χ0) is 19.2. The average molecular weight is 383 g/mol. The highest BCUT2D eigenvalue weighted by molar-refractivity contribution is 5.76. The van der Waals surface area contributed by atoms with Gasteiger partial charge in [-0.1, -0.05) is 30.3 Å². The van der Waals surface area contributed by atoms with Crippen LogP contribution >= 0.6 is 0 Å². The quantitative estimate of drug-likeness (QED) is 0.811. The van der Waals surface area contributed by atoms with Gasteiger partial charge in [-0.25, -0.2) is 4.98 Å². The number of piperazine rings is 2. The first-order chi connectivity index (χ1) is 13.8. The molecule has 3 heterocycles. The van der Waals surface area contributed by atoms with E-state index in [0.29, 0.717) is 6.42 Å². The second-order valence-electron chi connectivity index (χ2n) is 7.48. The van der Waals surface area contributed by atoms with Crippen molar-refractivity contribution in [3.05, 3.63) is 42.4 Å². The summed E-state index contributed by atoms with van der Waals surface area (Å²) in [7, 11) is 0. The van der Waals surface area contributed by atoms with Crippen molar-refractivity contribution in [1.29, 1.82) is 0 Å². The Hall–Kier alpha value is -2.22. The van der Waals surface area contributed by atoms with Crippen LogP contribution < -0.4 is 5.32 Å². The second-order valence-corrected chi connectivity index (χ2v) is 7.48. The number of aromatic nitrogens is 1. The first-order valence-corrected chi connectivity index (χ1v) is 10.2. The minimum Gasteiger partial charge on any atom is -0.439 e. The molecule has 0 bridgehead atoms. The molecule has 0 spiro atoms. The molecule has 2 saturated heterocycles. The molecule has 2 aliphatic heterocycles. The number of oxazole rings is 1. The minimum atomic E-state index is 0.289. The van der Waals surface area contributed by atoms with Crippen molar-refractivity contribution in [2.75, 3.05) is 58.9 Å². The molecule has 7 heteroatoms. The zero-order valence-corrected chi connectivity index (χ0v) is 16.3. The van der Waals surface area contributed by atoms with Gasteiger partial charge < -0.3 is 19.5 Å². The number of carbonyl (C=O) groups is 1. The molecule has 2 fully saturated rings. The van der Waals surface area contributed by atoms with E-state index in [1.807, 2.05) is 41.4 Å². The van der Waals surface area contributed by atoms with E-state index in [0.717, 1.165) is 82.7 Å². The number of nitrogens with zero attached hydrogens (tertiary/aromatic N) is 4. The molecular weight excluding hydrogens is 354 g/mol. The fourth-order valence-electron chi connectivity index (χ4n) is 3.81. The third kappa shape index (κ3) is 4.98. The van der Waals surface area contributed by atoms with E-state index in [4.69, 9.17) is 4.42 Å². The molecule has 2 aliphatic rings. The maximum absolute atomic E-state index is 12.3. The molecule has 1 aromatic heterocycles. The summed E-state index contributed by atoms with van der Waals surface area (Å²) in [5.74, 6) is 1.87. The van der Waals surface area contributed by atoms with Crippen molar-refractivity contribution in [3.8, 4) is 11.3 Å². The molecule has 0 saturated carbocycles. The summed E-state index contributed by atoms with van der Waals surface area (Å²) in [6.07, 6.45) is 2.43. The zero-order valence-electron chi connectivity index (χ0n) is 16.3. The molecular formula is C21H29N5O2. The van der Waals surface area contributed by atoms with Crippen molar-refractivity contribution in [1.82, 2.24) is 25.0 Å². The van der Waals surface area contributed by atoms with E-state index >= 15 is 0 Å². The van der Waals surface area contributed by atoms with Gasteiger partial charge in [0.2, 0.25) is 11.8 Å². The Morgan fingerprint density at radius 1 is 1.00 bits per heavy atom. The van der Waals surface area contributed by atoms with Gasteiger partial charge in [-0.3, -0.25) is 9.69 Å². The molecule has 1 aromatic carbocycles. The molecule has 150 valence electrons. The molecule has 0 atom stereocenters. The first-order valence-electron chi connectivity index (χ1n) is 10.2. The Balaban J connectivity index is 1.19. The Bertz CT molecular complexity index is 749. The molecule has 0 unspecified atom stereocenters. The largest absolute Gasteiger partial charge is 0.439 e. The van der Waals surface area contributed by atoms with Crippen molar-refractivity contribution in [2.45, 2.75) is 13.0 Å². The number of nitrogens with one attached hydrogen (secondary N) is 1. The Morgan fingerprint density at radius 3 is 2.46 bits per heavy atom. The molecule has 4 rings (SSSR count). The SMILES string of the molecule is O=C(CCN1CCN(Cc2ncc(-c3ccccc3)o2)CC1)N1CCNCC1. The third-order valence-electron chi connectivity index (χ3n) is 5.55. The summed E-state index contributed by atoms with van der Waals surface area (Å²) in [4.78, 5) is 23.5. The lowest BCUT2D eigenvalue weighted by molar-refractivity contribution is -0.132. The number of amides is 1. The summed E-state index contributed by atoms with van der Waals surface area (Å²) in [5, 5.41) is 3.29. The number of hydrogen-bond donors (Lipinski definition) is 1. The number of hydrogen-bond acceptors (Lipinski definition) is 6. The predicted molar refractivity (Wildman–Crippen MR) is 108 cm³/mol. The van der Waals surface area contributed by atoms with Crippen LogP contribution in [0, 0.1) is 0 Å². The summed E-state index contributed by atoms with van der Waals surface area (Å²) in [6.45, 7) is 9.03. The van der Waals surface area contributed by atoms with E-state index in [2.05, 4.69) is 20.1 Å². The van der Waals surface area contributed by atoms with Crippen molar-refractivity contribution in [3.63, 3.8) is 0 Å². The third-order valence-corrected chi connectivity index (χ3v) is 5.55. The van der Waals surface area contributed by atoms with Gasteiger partial charge in [0.05, 0.1) is 12.7 Å². The van der Waals surface area contributed by atoms with Crippen LogP contribution in [0.25, 0.3) is 11.3 Å². The Kier molecular flexibility index (Phi) is 6.36. The van der Waals surface area contributed by atoms with Gasteiger partial charge in [0.25, 0.3) is 0 Å². The van der Waals surface area contributed by atoms with Crippen LogP contribution in [-0.2, 0) is 11.3 Å². The molecule has 2 aromatic rings. The van der Waals surface area contributed by atoms with Crippen molar-refractivity contribution < 1.29 is 9.21 Å².